The highest BCUT2D eigenvalue weighted by Crippen LogP contribution is 2.25. The molecule has 7 heteroatoms. The summed E-state index contributed by atoms with van der Waals surface area (Å²) >= 11 is 1.62. The molecule has 0 atom stereocenters. The minimum absolute atomic E-state index is 0.181. The van der Waals surface area contributed by atoms with Crippen molar-refractivity contribution in [1.82, 2.24) is 25.0 Å². The number of nitrogens with zero attached hydrogens (tertiary/aromatic N) is 4. The molecule has 0 radical (unpaired) electrons. The number of aromatic nitrogens is 1. The van der Waals surface area contributed by atoms with Crippen LogP contribution in [0, 0.1) is 0 Å². The largest absolute Gasteiger partial charge is 0.340 e. The van der Waals surface area contributed by atoms with E-state index in [4.69, 9.17) is 4.98 Å². The number of hydrogen-bond acceptors (Lipinski definition) is 6. The smallest absolute Gasteiger partial charge is 0.228 e. The lowest BCUT2D eigenvalue weighted by molar-refractivity contribution is -0.131. The molecule has 2 aromatic rings. The van der Waals surface area contributed by atoms with Gasteiger partial charge in [-0.15, -0.1) is 11.3 Å². The van der Waals surface area contributed by atoms with Crippen LogP contribution in [0.3, 0.4) is 0 Å². The predicted molar refractivity (Wildman–Crippen MR) is 113 cm³/mol. The average Bonchev–Trinajstić information content (AvgIpc) is 3.19. The van der Waals surface area contributed by atoms with E-state index < -0.39 is 0 Å². The Balaban J connectivity index is 1.33. The Morgan fingerprint density at radius 2 is 1.79 bits per heavy atom. The van der Waals surface area contributed by atoms with Gasteiger partial charge in [-0.05, 0) is 12.6 Å². The first-order valence-electron chi connectivity index (χ1n) is 10.1. The molecular formula is C21H29N5OS. The number of rotatable bonds is 5. The zero-order chi connectivity index (χ0) is 19.3. The van der Waals surface area contributed by atoms with Crippen LogP contribution < -0.4 is 5.32 Å². The number of hydrogen-bond donors (Lipinski definition) is 1. The lowest BCUT2D eigenvalue weighted by Crippen LogP contribution is -2.46. The molecule has 0 saturated carbocycles. The van der Waals surface area contributed by atoms with Crippen LogP contribution in [0.25, 0.3) is 10.6 Å². The van der Waals surface area contributed by atoms with E-state index in [1.807, 2.05) is 10.3 Å². The summed E-state index contributed by atoms with van der Waals surface area (Å²) in [7, 11) is 2.19. The zero-order valence-electron chi connectivity index (χ0n) is 16.6. The molecule has 0 aliphatic carbocycles. The van der Waals surface area contributed by atoms with Crippen molar-refractivity contribution in [1.29, 1.82) is 0 Å². The van der Waals surface area contributed by atoms with Crippen LogP contribution in [0.5, 0.6) is 0 Å². The molecule has 1 amide bonds. The van der Waals surface area contributed by atoms with Gasteiger partial charge < -0.3 is 15.1 Å². The van der Waals surface area contributed by atoms with Crippen LogP contribution >= 0.6 is 11.3 Å². The van der Waals surface area contributed by atoms with Crippen LogP contribution in [-0.2, 0) is 17.8 Å². The monoisotopic (exact) mass is 399 g/mol. The summed E-state index contributed by atoms with van der Waals surface area (Å²) in [6.07, 6.45) is 0.401. The van der Waals surface area contributed by atoms with Gasteiger partial charge in [-0.25, -0.2) is 4.98 Å². The van der Waals surface area contributed by atoms with E-state index in [0.29, 0.717) is 6.42 Å². The lowest BCUT2D eigenvalue weighted by Gasteiger charge is -2.32. The highest BCUT2D eigenvalue weighted by atomic mass is 32.1. The molecule has 1 aromatic carbocycles. The summed E-state index contributed by atoms with van der Waals surface area (Å²) in [6.45, 7) is 8.93. The van der Waals surface area contributed by atoms with Gasteiger partial charge in [0, 0.05) is 69.8 Å². The minimum Gasteiger partial charge on any atom is -0.340 e. The molecular weight excluding hydrogens is 370 g/mol. The van der Waals surface area contributed by atoms with Crippen molar-refractivity contribution in [3.8, 4) is 10.6 Å². The second-order valence-electron chi connectivity index (χ2n) is 7.73. The number of carbonyl (C=O) groups excluding carboxylic acids is 1. The fourth-order valence-corrected chi connectivity index (χ4v) is 4.54. The minimum atomic E-state index is 0.181. The summed E-state index contributed by atoms with van der Waals surface area (Å²) in [5.74, 6) is 0.181. The Hall–Kier alpha value is -1.80. The fraction of sp³-hybridized carbons (Fsp3) is 0.524. The molecule has 2 aliphatic heterocycles. The van der Waals surface area contributed by atoms with Gasteiger partial charge in [0.15, 0.2) is 0 Å². The Morgan fingerprint density at radius 1 is 1.07 bits per heavy atom. The van der Waals surface area contributed by atoms with E-state index >= 15 is 0 Å². The van der Waals surface area contributed by atoms with Crippen LogP contribution in [0.4, 0.5) is 0 Å². The first kappa shape index (κ1) is 19.5. The number of benzene rings is 1. The summed E-state index contributed by atoms with van der Waals surface area (Å²) in [4.78, 5) is 24.0. The highest BCUT2D eigenvalue weighted by Gasteiger charge is 2.18. The number of piperazine rings is 2. The van der Waals surface area contributed by atoms with Gasteiger partial charge in [0.2, 0.25) is 5.91 Å². The second-order valence-corrected chi connectivity index (χ2v) is 8.59. The van der Waals surface area contributed by atoms with Crippen LogP contribution in [0.15, 0.2) is 29.6 Å². The van der Waals surface area contributed by atoms with Gasteiger partial charge in [-0.2, -0.15) is 0 Å². The van der Waals surface area contributed by atoms with Crippen LogP contribution in [0.1, 0.15) is 11.3 Å². The summed E-state index contributed by atoms with van der Waals surface area (Å²) in [6, 6.07) is 8.74. The van der Waals surface area contributed by atoms with Crippen molar-refractivity contribution in [2.45, 2.75) is 13.0 Å². The summed E-state index contributed by atoms with van der Waals surface area (Å²) in [5, 5.41) is 6.29. The van der Waals surface area contributed by atoms with E-state index in [9.17, 15) is 4.79 Å². The number of amides is 1. The van der Waals surface area contributed by atoms with Gasteiger partial charge in [0.05, 0.1) is 12.1 Å². The maximum atomic E-state index is 12.4. The maximum Gasteiger partial charge on any atom is 0.228 e. The molecule has 0 bridgehead atoms. The number of thiazole rings is 1. The quantitative estimate of drug-likeness (QED) is 0.827. The molecule has 3 heterocycles. The summed E-state index contributed by atoms with van der Waals surface area (Å²) in [5.41, 5.74) is 3.36. The molecule has 4 rings (SSSR count). The second kappa shape index (κ2) is 9.13. The first-order chi connectivity index (χ1) is 13.7. The molecule has 2 aliphatic rings. The maximum absolute atomic E-state index is 12.4. The topological polar surface area (TPSA) is 51.7 Å². The molecule has 0 unspecified atom stereocenters. The van der Waals surface area contributed by atoms with Crippen molar-refractivity contribution in [2.24, 2.45) is 0 Å². The standard InChI is InChI=1S/C21H29N5OS/c1-24-10-12-25(13-11-24)15-17-2-4-18(5-3-17)21-23-19(16-28-21)14-20(27)26-8-6-22-7-9-26/h2-5,16,22H,6-15H2,1H3. The third-order valence-electron chi connectivity index (χ3n) is 5.56. The number of likely N-dealkylation sites (N-methyl/N-ethyl adjacent to an activating group) is 1. The van der Waals surface area contributed by atoms with E-state index in [2.05, 4.69) is 46.4 Å². The van der Waals surface area contributed by atoms with Gasteiger partial charge in [-0.3, -0.25) is 9.69 Å². The fourth-order valence-electron chi connectivity index (χ4n) is 3.72. The van der Waals surface area contributed by atoms with Gasteiger partial charge in [-0.1, -0.05) is 24.3 Å². The van der Waals surface area contributed by atoms with Gasteiger partial charge in [0.25, 0.3) is 0 Å². The normalized spacial score (nSPS) is 19.1. The Morgan fingerprint density at radius 3 is 2.50 bits per heavy atom. The molecule has 28 heavy (non-hydrogen) atoms. The number of carbonyl (C=O) groups is 1. The zero-order valence-corrected chi connectivity index (χ0v) is 17.4. The van der Waals surface area contributed by atoms with Gasteiger partial charge in [0.1, 0.15) is 5.01 Å². The molecule has 2 saturated heterocycles. The number of nitrogens with one attached hydrogen (secondary N) is 1. The van der Waals surface area contributed by atoms with Crippen molar-refractivity contribution in [2.75, 3.05) is 59.4 Å². The molecule has 1 aromatic heterocycles. The van der Waals surface area contributed by atoms with Crippen molar-refractivity contribution >= 4 is 17.2 Å². The third-order valence-corrected chi connectivity index (χ3v) is 6.50. The predicted octanol–water partition coefficient (Wildman–Crippen LogP) is 1.53. The SMILES string of the molecule is CN1CCN(Cc2ccc(-c3nc(CC(=O)N4CCNCC4)cs3)cc2)CC1. The van der Waals surface area contributed by atoms with E-state index in [0.717, 1.165) is 75.2 Å². The van der Waals surface area contributed by atoms with Crippen LogP contribution in [0.2, 0.25) is 0 Å². The molecule has 0 spiro atoms. The highest BCUT2D eigenvalue weighted by molar-refractivity contribution is 7.13. The first-order valence-corrected chi connectivity index (χ1v) is 11.0. The Bertz CT molecular complexity index is 776. The van der Waals surface area contributed by atoms with Gasteiger partial charge >= 0.3 is 0 Å². The van der Waals surface area contributed by atoms with E-state index in [1.165, 1.54) is 5.56 Å². The molecule has 6 nitrogen and oxygen atoms in total. The Kier molecular flexibility index (Phi) is 6.36. The molecule has 2 fully saturated rings. The average molecular weight is 400 g/mol. The van der Waals surface area contributed by atoms with Crippen molar-refractivity contribution in [3.63, 3.8) is 0 Å². The van der Waals surface area contributed by atoms with Crippen molar-refractivity contribution in [3.05, 3.63) is 40.9 Å². The molecule has 1 N–H and O–H groups in total. The third kappa shape index (κ3) is 4.97. The van der Waals surface area contributed by atoms with E-state index in [-0.39, 0.29) is 5.91 Å². The van der Waals surface area contributed by atoms with E-state index in [1.54, 1.807) is 11.3 Å². The molecule has 150 valence electrons. The Labute approximate surface area is 171 Å². The summed E-state index contributed by atoms with van der Waals surface area (Å²) < 4.78 is 0. The lowest BCUT2D eigenvalue weighted by atomic mass is 10.1. The van der Waals surface area contributed by atoms with Crippen molar-refractivity contribution < 1.29 is 4.79 Å². The van der Waals surface area contributed by atoms with Crippen LogP contribution in [-0.4, -0.2) is 85.0 Å².